The Bertz CT molecular complexity index is 372. The number of ether oxygens (including phenoxy) is 1. The fraction of sp³-hybridized carbons (Fsp3) is 0.538. The summed E-state index contributed by atoms with van der Waals surface area (Å²) in [5, 5.41) is 9.18. The summed E-state index contributed by atoms with van der Waals surface area (Å²) in [7, 11) is 0. The molecule has 2 rings (SSSR count). The molecule has 1 N–H and O–H groups in total. The monoisotopic (exact) mass is 299 g/mol. The number of aliphatic hydroxyl groups excluding tert-OH is 1. The number of morpholine rings is 1. The van der Waals surface area contributed by atoms with Gasteiger partial charge in [0.25, 0.3) is 0 Å². The van der Waals surface area contributed by atoms with Crippen LogP contribution in [-0.4, -0.2) is 41.9 Å². The molecule has 1 fully saturated rings. The minimum Gasteiger partial charge on any atom is -0.394 e. The van der Waals surface area contributed by atoms with Crippen molar-refractivity contribution in [2.45, 2.75) is 25.7 Å². The van der Waals surface area contributed by atoms with Crippen molar-refractivity contribution in [2.75, 3.05) is 19.7 Å². The van der Waals surface area contributed by atoms with Crippen molar-refractivity contribution in [1.29, 1.82) is 0 Å². The Labute approximate surface area is 111 Å². The Morgan fingerprint density at radius 3 is 3.00 bits per heavy atom. The van der Waals surface area contributed by atoms with Crippen LogP contribution < -0.4 is 0 Å². The van der Waals surface area contributed by atoms with Gasteiger partial charge in [-0.25, -0.2) is 0 Å². The molecule has 0 radical (unpaired) electrons. The number of nitrogens with zero attached hydrogens (tertiary/aromatic N) is 1. The van der Waals surface area contributed by atoms with E-state index in [1.807, 2.05) is 12.1 Å². The van der Waals surface area contributed by atoms with Crippen LogP contribution in [0.25, 0.3) is 0 Å². The Kier molecular flexibility index (Phi) is 4.56. The minimum atomic E-state index is -0.0501. The van der Waals surface area contributed by atoms with Crippen molar-refractivity contribution in [3.8, 4) is 0 Å². The van der Waals surface area contributed by atoms with Crippen LogP contribution >= 0.6 is 15.9 Å². The van der Waals surface area contributed by atoms with Gasteiger partial charge in [0.05, 0.1) is 18.8 Å². The number of hydrogen-bond acceptors (Lipinski definition) is 3. The second kappa shape index (κ2) is 5.96. The summed E-state index contributed by atoms with van der Waals surface area (Å²) in [5.41, 5.74) is 1.28. The quantitative estimate of drug-likeness (QED) is 0.927. The van der Waals surface area contributed by atoms with Crippen molar-refractivity contribution >= 4 is 15.9 Å². The van der Waals surface area contributed by atoms with Crippen molar-refractivity contribution < 1.29 is 9.84 Å². The topological polar surface area (TPSA) is 32.7 Å². The molecular weight excluding hydrogens is 282 g/mol. The lowest BCUT2D eigenvalue weighted by molar-refractivity contribution is -0.0972. The highest BCUT2D eigenvalue weighted by Gasteiger charge is 2.24. The Morgan fingerprint density at radius 2 is 2.29 bits per heavy atom. The molecule has 94 valence electrons. The van der Waals surface area contributed by atoms with E-state index < -0.39 is 0 Å². The van der Waals surface area contributed by atoms with Gasteiger partial charge >= 0.3 is 0 Å². The predicted octanol–water partition coefficient (Wildman–Crippen LogP) is 2.03. The van der Waals surface area contributed by atoms with E-state index >= 15 is 0 Å². The van der Waals surface area contributed by atoms with Crippen molar-refractivity contribution in [2.24, 2.45) is 0 Å². The molecule has 1 aliphatic rings. The third kappa shape index (κ3) is 3.78. The number of aliphatic hydroxyl groups is 1. The van der Waals surface area contributed by atoms with Gasteiger partial charge < -0.3 is 9.84 Å². The van der Waals surface area contributed by atoms with E-state index in [4.69, 9.17) is 4.74 Å². The summed E-state index contributed by atoms with van der Waals surface area (Å²) in [4.78, 5) is 2.33. The normalized spacial score (nSPS) is 26.1. The smallest absolute Gasteiger partial charge is 0.0936 e. The molecule has 0 amide bonds. The van der Waals surface area contributed by atoms with Gasteiger partial charge in [-0.3, -0.25) is 4.90 Å². The summed E-state index contributed by atoms with van der Waals surface area (Å²) in [6.45, 7) is 4.77. The average molecular weight is 300 g/mol. The molecule has 3 nitrogen and oxygen atoms in total. The zero-order valence-corrected chi connectivity index (χ0v) is 11.6. The van der Waals surface area contributed by atoms with Gasteiger partial charge in [-0.2, -0.15) is 0 Å². The minimum absolute atomic E-state index is 0.0501. The fourth-order valence-electron chi connectivity index (χ4n) is 2.26. The Balaban J connectivity index is 1.98. The first-order chi connectivity index (χ1) is 8.17. The highest BCUT2D eigenvalue weighted by atomic mass is 79.9. The summed E-state index contributed by atoms with van der Waals surface area (Å²) >= 11 is 3.48. The second-order valence-electron chi connectivity index (χ2n) is 4.58. The van der Waals surface area contributed by atoms with Crippen LogP contribution in [0.4, 0.5) is 0 Å². The largest absolute Gasteiger partial charge is 0.394 e. The summed E-state index contributed by atoms with van der Waals surface area (Å²) in [5.74, 6) is 0. The van der Waals surface area contributed by atoms with E-state index in [9.17, 15) is 5.11 Å². The molecule has 17 heavy (non-hydrogen) atoms. The van der Waals surface area contributed by atoms with Crippen LogP contribution in [0.1, 0.15) is 12.5 Å². The predicted molar refractivity (Wildman–Crippen MR) is 70.8 cm³/mol. The van der Waals surface area contributed by atoms with E-state index in [0.717, 1.165) is 24.1 Å². The van der Waals surface area contributed by atoms with Crippen LogP contribution in [0.15, 0.2) is 28.7 Å². The highest BCUT2D eigenvalue weighted by Crippen LogP contribution is 2.17. The van der Waals surface area contributed by atoms with Gasteiger partial charge in [-0.1, -0.05) is 28.1 Å². The van der Waals surface area contributed by atoms with Crippen LogP contribution in [0.2, 0.25) is 0 Å². The van der Waals surface area contributed by atoms with Gasteiger partial charge in [0.15, 0.2) is 0 Å². The molecule has 4 heteroatoms. The van der Waals surface area contributed by atoms with Gasteiger partial charge in [0.2, 0.25) is 0 Å². The Morgan fingerprint density at radius 1 is 1.47 bits per heavy atom. The second-order valence-corrected chi connectivity index (χ2v) is 5.49. The van der Waals surface area contributed by atoms with Crippen LogP contribution in [0.3, 0.4) is 0 Å². The summed E-state index contributed by atoms with van der Waals surface area (Å²) in [6, 6.07) is 8.34. The van der Waals surface area contributed by atoms with E-state index in [1.54, 1.807) is 0 Å². The van der Waals surface area contributed by atoms with Crippen molar-refractivity contribution in [3.05, 3.63) is 34.3 Å². The molecule has 1 saturated heterocycles. The molecule has 2 unspecified atom stereocenters. The van der Waals surface area contributed by atoms with Gasteiger partial charge in [0.1, 0.15) is 0 Å². The Hall–Kier alpha value is -0.420. The molecule has 1 aromatic rings. The molecule has 0 bridgehead atoms. The van der Waals surface area contributed by atoms with Crippen molar-refractivity contribution in [1.82, 2.24) is 4.90 Å². The van der Waals surface area contributed by atoms with E-state index in [-0.39, 0.29) is 18.8 Å². The maximum Gasteiger partial charge on any atom is 0.0936 e. The lowest BCUT2D eigenvalue weighted by Crippen LogP contribution is -2.47. The average Bonchev–Trinajstić information content (AvgIpc) is 2.28. The molecule has 0 saturated carbocycles. The molecule has 0 spiro atoms. The fourth-order valence-corrected chi connectivity index (χ4v) is 2.71. The molecule has 2 atom stereocenters. The molecular formula is C13H18BrNO2. The van der Waals surface area contributed by atoms with E-state index in [2.05, 4.69) is 39.9 Å². The van der Waals surface area contributed by atoms with Crippen LogP contribution in [-0.2, 0) is 11.3 Å². The number of rotatable bonds is 3. The summed E-state index contributed by atoms with van der Waals surface area (Å²) in [6.07, 6.45) is 0.138. The standard InChI is InChI=1S/C13H18BrNO2/c1-10-6-15(8-13(9-16)17-10)7-11-3-2-4-12(14)5-11/h2-5,10,13,16H,6-9H2,1H3. The number of benzene rings is 1. The van der Waals surface area contributed by atoms with E-state index in [0.29, 0.717) is 0 Å². The first-order valence-electron chi connectivity index (χ1n) is 5.90. The van der Waals surface area contributed by atoms with Gasteiger partial charge in [-0.05, 0) is 24.6 Å². The maximum absolute atomic E-state index is 9.18. The molecule has 1 aromatic carbocycles. The first kappa shape index (κ1) is 13.0. The van der Waals surface area contributed by atoms with Crippen molar-refractivity contribution in [3.63, 3.8) is 0 Å². The lowest BCUT2D eigenvalue weighted by atomic mass is 10.1. The zero-order chi connectivity index (χ0) is 12.3. The number of halogens is 1. The lowest BCUT2D eigenvalue weighted by Gasteiger charge is -2.36. The van der Waals surface area contributed by atoms with Crippen LogP contribution in [0, 0.1) is 0 Å². The molecule has 0 aliphatic carbocycles. The summed E-state index contributed by atoms with van der Waals surface area (Å²) < 4.78 is 6.73. The highest BCUT2D eigenvalue weighted by molar-refractivity contribution is 9.10. The van der Waals surface area contributed by atoms with Crippen LogP contribution in [0.5, 0.6) is 0 Å². The third-order valence-corrected chi connectivity index (χ3v) is 3.39. The SMILES string of the molecule is CC1CN(Cc2cccc(Br)c2)CC(CO)O1. The molecule has 1 aliphatic heterocycles. The van der Waals surface area contributed by atoms with Gasteiger partial charge in [0, 0.05) is 24.1 Å². The zero-order valence-electron chi connectivity index (χ0n) is 9.97. The molecule has 0 aromatic heterocycles. The maximum atomic E-state index is 9.18. The number of hydrogen-bond donors (Lipinski definition) is 1. The van der Waals surface area contributed by atoms with Gasteiger partial charge in [-0.15, -0.1) is 0 Å². The third-order valence-electron chi connectivity index (χ3n) is 2.90. The van der Waals surface area contributed by atoms with E-state index in [1.165, 1.54) is 5.56 Å². The molecule has 1 heterocycles. The first-order valence-corrected chi connectivity index (χ1v) is 6.70.